The molecule has 0 radical (unpaired) electrons. The summed E-state index contributed by atoms with van der Waals surface area (Å²) in [6.45, 7) is 5.89. The Bertz CT molecular complexity index is 315. The topological polar surface area (TPSA) is 49.2 Å². The molecule has 0 amide bonds. The first-order valence-corrected chi connectivity index (χ1v) is 6.38. The molecule has 0 fully saturated rings. The molecule has 6 heteroatoms. The van der Waals surface area contributed by atoms with Crippen LogP contribution in [0.15, 0.2) is 0 Å². The highest BCUT2D eigenvalue weighted by atomic mass is 79.9. The largest absolute Gasteiger partial charge is 0.383 e. The zero-order valence-electron chi connectivity index (χ0n) is 9.94. The number of alkyl halides is 1. The Hall–Kier alpha value is -0.460. The van der Waals surface area contributed by atoms with Crippen LogP contribution in [0.5, 0.6) is 0 Å². The Morgan fingerprint density at radius 2 is 2.00 bits per heavy atom. The van der Waals surface area contributed by atoms with E-state index < -0.39 is 0 Å². The number of ether oxygens (including phenoxy) is 2. The molecule has 0 bridgehead atoms. The first kappa shape index (κ1) is 13.6. The third kappa shape index (κ3) is 3.84. The molecule has 1 rings (SSSR count). The van der Waals surface area contributed by atoms with Gasteiger partial charge in [-0.05, 0) is 13.8 Å². The minimum atomic E-state index is 0.194. The highest BCUT2D eigenvalue weighted by Crippen LogP contribution is 2.08. The van der Waals surface area contributed by atoms with Gasteiger partial charge in [0, 0.05) is 13.7 Å². The molecule has 0 aliphatic carbocycles. The summed E-state index contributed by atoms with van der Waals surface area (Å²) >= 11 is 3.39. The Kier molecular flexibility index (Phi) is 5.94. The van der Waals surface area contributed by atoms with Crippen molar-refractivity contribution in [3.05, 3.63) is 11.6 Å². The molecular formula is C10H18BrN3O2. The molecular weight excluding hydrogens is 274 g/mol. The molecule has 0 aliphatic rings. The van der Waals surface area contributed by atoms with Crippen LogP contribution in [0.2, 0.25) is 0 Å². The first-order valence-electron chi connectivity index (χ1n) is 5.26. The van der Waals surface area contributed by atoms with E-state index in [1.54, 1.807) is 7.11 Å². The molecule has 0 unspecified atom stereocenters. The van der Waals surface area contributed by atoms with Crippen molar-refractivity contribution in [3.8, 4) is 0 Å². The monoisotopic (exact) mass is 291 g/mol. The van der Waals surface area contributed by atoms with Gasteiger partial charge in [-0.2, -0.15) is 0 Å². The Morgan fingerprint density at radius 3 is 2.56 bits per heavy atom. The highest BCUT2D eigenvalue weighted by molar-refractivity contribution is 9.08. The average molecular weight is 292 g/mol. The molecule has 0 saturated heterocycles. The summed E-state index contributed by atoms with van der Waals surface area (Å²) in [6.07, 6.45) is 0.194. The fourth-order valence-corrected chi connectivity index (χ4v) is 1.67. The minimum Gasteiger partial charge on any atom is -0.383 e. The summed E-state index contributed by atoms with van der Waals surface area (Å²) in [5.74, 6) is 1.75. The van der Waals surface area contributed by atoms with Crippen LogP contribution in [0.25, 0.3) is 0 Å². The van der Waals surface area contributed by atoms with Crippen molar-refractivity contribution in [2.24, 2.45) is 0 Å². The quantitative estimate of drug-likeness (QED) is 0.718. The van der Waals surface area contributed by atoms with E-state index in [4.69, 9.17) is 9.47 Å². The van der Waals surface area contributed by atoms with E-state index in [0.29, 0.717) is 18.5 Å². The summed E-state index contributed by atoms with van der Waals surface area (Å²) in [4.78, 5) is 0. The molecule has 0 saturated carbocycles. The minimum absolute atomic E-state index is 0.194. The molecule has 0 aromatic carbocycles. The lowest BCUT2D eigenvalue weighted by Gasteiger charge is -2.10. The van der Waals surface area contributed by atoms with Crippen molar-refractivity contribution >= 4 is 15.9 Å². The molecule has 5 nitrogen and oxygen atoms in total. The standard InChI is InChI=1S/C10H18BrN3O2/c1-8(2)16-7-10-13-12-9(6-11)14(10)4-5-15-3/h8H,4-7H2,1-3H3. The molecule has 0 aliphatic heterocycles. The number of rotatable bonds is 7. The Labute approximate surface area is 104 Å². The lowest BCUT2D eigenvalue weighted by molar-refractivity contribution is 0.0583. The second-order valence-electron chi connectivity index (χ2n) is 3.67. The van der Waals surface area contributed by atoms with Gasteiger partial charge >= 0.3 is 0 Å². The van der Waals surface area contributed by atoms with E-state index in [1.165, 1.54) is 0 Å². The number of hydrogen-bond donors (Lipinski definition) is 0. The van der Waals surface area contributed by atoms with E-state index in [2.05, 4.69) is 26.1 Å². The van der Waals surface area contributed by atoms with Crippen LogP contribution in [0.3, 0.4) is 0 Å². The SMILES string of the molecule is COCCn1c(CBr)nnc1COC(C)C. The lowest BCUT2D eigenvalue weighted by Crippen LogP contribution is -2.13. The molecule has 0 N–H and O–H groups in total. The number of methoxy groups -OCH3 is 1. The maximum atomic E-state index is 5.53. The fraction of sp³-hybridized carbons (Fsp3) is 0.800. The van der Waals surface area contributed by atoms with Crippen molar-refractivity contribution in [2.45, 2.75) is 38.4 Å². The van der Waals surface area contributed by atoms with Crippen molar-refractivity contribution in [3.63, 3.8) is 0 Å². The van der Waals surface area contributed by atoms with Crippen molar-refractivity contribution < 1.29 is 9.47 Å². The molecule has 1 heterocycles. The predicted octanol–water partition coefficient (Wildman–Crippen LogP) is 1.74. The van der Waals surface area contributed by atoms with Crippen molar-refractivity contribution in [1.82, 2.24) is 14.8 Å². The van der Waals surface area contributed by atoms with Gasteiger partial charge in [0.05, 0.1) is 18.0 Å². The summed E-state index contributed by atoms with van der Waals surface area (Å²) in [5.41, 5.74) is 0. The van der Waals surface area contributed by atoms with Crippen LogP contribution in [0.1, 0.15) is 25.5 Å². The number of aromatic nitrogens is 3. The van der Waals surface area contributed by atoms with E-state index >= 15 is 0 Å². The third-order valence-electron chi connectivity index (χ3n) is 2.09. The normalized spacial score (nSPS) is 11.3. The second kappa shape index (κ2) is 6.98. The van der Waals surface area contributed by atoms with Crippen LogP contribution in [0.4, 0.5) is 0 Å². The van der Waals surface area contributed by atoms with Gasteiger partial charge in [0.1, 0.15) is 12.4 Å². The van der Waals surface area contributed by atoms with Crippen LogP contribution in [-0.4, -0.2) is 34.6 Å². The third-order valence-corrected chi connectivity index (χ3v) is 2.59. The number of hydrogen-bond acceptors (Lipinski definition) is 4. The molecule has 1 aromatic rings. The van der Waals surface area contributed by atoms with Crippen LogP contribution in [-0.2, 0) is 28.0 Å². The molecule has 1 aromatic heterocycles. The van der Waals surface area contributed by atoms with Crippen LogP contribution >= 0.6 is 15.9 Å². The zero-order chi connectivity index (χ0) is 12.0. The fourth-order valence-electron chi connectivity index (χ4n) is 1.26. The summed E-state index contributed by atoms with van der Waals surface area (Å²) in [7, 11) is 1.68. The van der Waals surface area contributed by atoms with Crippen LogP contribution < -0.4 is 0 Å². The summed E-state index contributed by atoms with van der Waals surface area (Å²) in [6, 6.07) is 0. The van der Waals surface area contributed by atoms with Crippen LogP contribution in [0, 0.1) is 0 Å². The first-order chi connectivity index (χ1) is 7.69. The summed E-state index contributed by atoms with van der Waals surface area (Å²) in [5, 5.41) is 8.90. The van der Waals surface area contributed by atoms with Gasteiger partial charge in [-0.15, -0.1) is 10.2 Å². The molecule has 0 atom stereocenters. The molecule has 0 spiro atoms. The Balaban J connectivity index is 2.70. The number of halogens is 1. The van der Waals surface area contributed by atoms with Gasteiger partial charge in [-0.25, -0.2) is 0 Å². The highest BCUT2D eigenvalue weighted by Gasteiger charge is 2.11. The number of nitrogens with zero attached hydrogens (tertiary/aromatic N) is 3. The lowest BCUT2D eigenvalue weighted by atomic mass is 10.5. The van der Waals surface area contributed by atoms with Gasteiger partial charge in [0.15, 0.2) is 5.82 Å². The predicted molar refractivity (Wildman–Crippen MR) is 64.5 cm³/mol. The van der Waals surface area contributed by atoms with Gasteiger partial charge in [0.2, 0.25) is 0 Å². The average Bonchev–Trinajstić information content (AvgIpc) is 2.65. The van der Waals surface area contributed by atoms with Gasteiger partial charge in [-0.1, -0.05) is 15.9 Å². The second-order valence-corrected chi connectivity index (χ2v) is 4.23. The summed E-state index contributed by atoms with van der Waals surface area (Å²) < 4.78 is 12.6. The Morgan fingerprint density at radius 1 is 1.31 bits per heavy atom. The van der Waals surface area contributed by atoms with E-state index in [0.717, 1.165) is 18.2 Å². The van der Waals surface area contributed by atoms with Gasteiger partial charge in [-0.3, -0.25) is 0 Å². The van der Waals surface area contributed by atoms with Gasteiger partial charge < -0.3 is 14.0 Å². The maximum Gasteiger partial charge on any atom is 0.159 e. The van der Waals surface area contributed by atoms with Gasteiger partial charge in [0.25, 0.3) is 0 Å². The molecule has 92 valence electrons. The van der Waals surface area contributed by atoms with Crippen molar-refractivity contribution in [2.75, 3.05) is 13.7 Å². The smallest absolute Gasteiger partial charge is 0.159 e. The molecule has 16 heavy (non-hydrogen) atoms. The van der Waals surface area contributed by atoms with Crippen molar-refractivity contribution in [1.29, 1.82) is 0 Å². The zero-order valence-corrected chi connectivity index (χ0v) is 11.5. The maximum absolute atomic E-state index is 5.53. The van der Waals surface area contributed by atoms with E-state index in [9.17, 15) is 0 Å². The van der Waals surface area contributed by atoms with E-state index in [1.807, 2.05) is 18.4 Å². The van der Waals surface area contributed by atoms with E-state index in [-0.39, 0.29) is 6.10 Å².